The summed E-state index contributed by atoms with van der Waals surface area (Å²) in [4.78, 5) is 0. The van der Waals surface area contributed by atoms with E-state index in [1.807, 2.05) is 20.8 Å². The predicted octanol–water partition coefficient (Wildman–Crippen LogP) is 3.26. The van der Waals surface area contributed by atoms with Gasteiger partial charge in [-0.2, -0.15) is 4.31 Å². The van der Waals surface area contributed by atoms with Crippen molar-refractivity contribution in [3.05, 3.63) is 0 Å². The predicted molar refractivity (Wildman–Crippen MR) is 74.6 cm³/mol. The summed E-state index contributed by atoms with van der Waals surface area (Å²) in [5.41, 5.74) is 0.174. The van der Waals surface area contributed by atoms with E-state index in [-0.39, 0.29) is 17.2 Å². The molecule has 0 aromatic rings. The van der Waals surface area contributed by atoms with E-state index in [9.17, 15) is 8.42 Å². The first-order valence-corrected chi connectivity index (χ1v) is 8.20. The third-order valence-corrected chi connectivity index (χ3v) is 4.89. The summed E-state index contributed by atoms with van der Waals surface area (Å²) in [5.74, 6) is 0.284. The number of hydrogen-bond donors (Lipinski definition) is 0. The highest BCUT2D eigenvalue weighted by Gasteiger charge is 2.25. The molecule has 17 heavy (non-hydrogen) atoms. The van der Waals surface area contributed by atoms with Crippen molar-refractivity contribution >= 4 is 10.0 Å². The van der Waals surface area contributed by atoms with Crippen molar-refractivity contribution in [3.8, 4) is 0 Å². The Morgan fingerprint density at radius 3 is 2.06 bits per heavy atom. The van der Waals surface area contributed by atoms with Crippen molar-refractivity contribution in [1.82, 2.24) is 4.31 Å². The molecule has 0 fully saturated rings. The maximum Gasteiger partial charge on any atom is 0.214 e. The third kappa shape index (κ3) is 7.04. The molecule has 0 aromatic carbocycles. The highest BCUT2D eigenvalue weighted by Crippen LogP contribution is 2.21. The maximum atomic E-state index is 12.2. The minimum atomic E-state index is -3.07. The molecule has 0 saturated heterocycles. The van der Waals surface area contributed by atoms with Gasteiger partial charge in [0.25, 0.3) is 0 Å². The van der Waals surface area contributed by atoms with Crippen LogP contribution in [0.25, 0.3) is 0 Å². The Labute approximate surface area is 108 Å². The van der Waals surface area contributed by atoms with Crippen LogP contribution in [-0.2, 0) is 10.0 Å². The van der Waals surface area contributed by atoms with Gasteiger partial charge in [-0.15, -0.1) is 0 Å². The molecule has 0 heterocycles. The SMILES string of the molecule is CCCCS(=O)(=O)N(CCC(C)(C)C)C(C)C. The number of sulfonamides is 1. The number of rotatable bonds is 7. The Bertz CT molecular complexity index is 302. The molecule has 0 aliphatic heterocycles. The highest BCUT2D eigenvalue weighted by molar-refractivity contribution is 7.89. The van der Waals surface area contributed by atoms with Crippen molar-refractivity contribution in [2.24, 2.45) is 5.41 Å². The topological polar surface area (TPSA) is 37.4 Å². The Morgan fingerprint density at radius 2 is 1.71 bits per heavy atom. The van der Waals surface area contributed by atoms with Gasteiger partial charge in [0.1, 0.15) is 0 Å². The molecular formula is C13H29NO2S. The summed E-state index contributed by atoms with van der Waals surface area (Å²) >= 11 is 0. The van der Waals surface area contributed by atoms with Crippen LogP contribution in [0.2, 0.25) is 0 Å². The van der Waals surface area contributed by atoms with E-state index in [0.717, 1.165) is 19.3 Å². The van der Waals surface area contributed by atoms with Crippen LogP contribution in [0.3, 0.4) is 0 Å². The van der Waals surface area contributed by atoms with Crippen LogP contribution in [0, 0.1) is 5.41 Å². The highest BCUT2D eigenvalue weighted by atomic mass is 32.2. The Hall–Kier alpha value is -0.0900. The van der Waals surface area contributed by atoms with Crippen LogP contribution in [0.15, 0.2) is 0 Å². The summed E-state index contributed by atoms with van der Waals surface area (Å²) in [6, 6.07) is 0.0548. The monoisotopic (exact) mass is 263 g/mol. The lowest BCUT2D eigenvalue weighted by atomic mass is 9.92. The molecule has 0 amide bonds. The zero-order valence-electron chi connectivity index (χ0n) is 12.3. The van der Waals surface area contributed by atoms with Gasteiger partial charge < -0.3 is 0 Å². The van der Waals surface area contributed by atoms with Crippen LogP contribution in [-0.4, -0.2) is 31.1 Å². The van der Waals surface area contributed by atoms with Gasteiger partial charge in [-0.3, -0.25) is 0 Å². The fourth-order valence-corrected chi connectivity index (χ4v) is 3.51. The van der Waals surface area contributed by atoms with Crippen molar-refractivity contribution in [1.29, 1.82) is 0 Å². The standard InChI is InChI=1S/C13H29NO2S/c1-7-8-11-17(15,16)14(12(2)3)10-9-13(4,5)6/h12H,7-11H2,1-6H3. The van der Waals surface area contributed by atoms with Gasteiger partial charge in [0.15, 0.2) is 0 Å². The molecule has 0 aromatic heterocycles. The van der Waals surface area contributed by atoms with E-state index in [0.29, 0.717) is 6.54 Å². The van der Waals surface area contributed by atoms with E-state index < -0.39 is 10.0 Å². The molecule has 0 aliphatic carbocycles. The molecule has 0 N–H and O–H groups in total. The van der Waals surface area contributed by atoms with Crippen LogP contribution in [0.5, 0.6) is 0 Å². The van der Waals surface area contributed by atoms with Gasteiger partial charge in [0.05, 0.1) is 5.75 Å². The lowest BCUT2D eigenvalue weighted by molar-refractivity contribution is 0.283. The lowest BCUT2D eigenvalue weighted by Gasteiger charge is -2.29. The second kappa shape index (κ2) is 6.74. The lowest BCUT2D eigenvalue weighted by Crippen LogP contribution is -2.40. The molecule has 104 valence electrons. The fraction of sp³-hybridized carbons (Fsp3) is 1.00. The number of nitrogens with zero attached hydrogens (tertiary/aromatic N) is 1. The van der Waals surface area contributed by atoms with Gasteiger partial charge in [0, 0.05) is 12.6 Å². The van der Waals surface area contributed by atoms with Crippen LogP contribution in [0.1, 0.15) is 60.8 Å². The summed E-state index contributed by atoms with van der Waals surface area (Å²) in [7, 11) is -3.07. The Kier molecular flexibility index (Phi) is 6.70. The Balaban J connectivity index is 4.63. The first-order valence-electron chi connectivity index (χ1n) is 6.59. The molecular weight excluding hydrogens is 234 g/mol. The van der Waals surface area contributed by atoms with Gasteiger partial charge in [-0.05, 0) is 32.1 Å². The fourth-order valence-electron chi connectivity index (χ4n) is 1.61. The van der Waals surface area contributed by atoms with E-state index in [1.165, 1.54) is 0 Å². The van der Waals surface area contributed by atoms with Crippen molar-refractivity contribution in [3.63, 3.8) is 0 Å². The molecule has 0 bridgehead atoms. The molecule has 0 atom stereocenters. The van der Waals surface area contributed by atoms with E-state index >= 15 is 0 Å². The van der Waals surface area contributed by atoms with Crippen molar-refractivity contribution in [2.45, 2.75) is 66.8 Å². The molecule has 0 spiro atoms. The molecule has 0 aliphatic rings. The third-order valence-electron chi connectivity index (χ3n) is 2.77. The van der Waals surface area contributed by atoms with Crippen LogP contribution in [0.4, 0.5) is 0 Å². The minimum Gasteiger partial charge on any atom is -0.212 e. The summed E-state index contributed by atoms with van der Waals surface area (Å²) in [5, 5.41) is 0. The largest absolute Gasteiger partial charge is 0.214 e. The second-order valence-electron chi connectivity index (χ2n) is 6.18. The molecule has 3 nitrogen and oxygen atoms in total. The second-order valence-corrected chi connectivity index (χ2v) is 8.23. The van der Waals surface area contributed by atoms with E-state index in [4.69, 9.17) is 0 Å². The van der Waals surface area contributed by atoms with Crippen molar-refractivity contribution in [2.75, 3.05) is 12.3 Å². The first kappa shape index (κ1) is 16.9. The zero-order valence-corrected chi connectivity index (χ0v) is 13.1. The quantitative estimate of drug-likeness (QED) is 0.707. The average molecular weight is 263 g/mol. The van der Waals surface area contributed by atoms with E-state index in [2.05, 4.69) is 20.8 Å². The van der Waals surface area contributed by atoms with Crippen molar-refractivity contribution < 1.29 is 8.42 Å². The van der Waals surface area contributed by atoms with Crippen LogP contribution >= 0.6 is 0 Å². The summed E-state index contributed by atoms with van der Waals surface area (Å²) in [6.07, 6.45) is 2.57. The molecule has 4 heteroatoms. The maximum absolute atomic E-state index is 12.2. The van der Waals surface area contributed by atoms with Gasteiger partial charge in [0.2, 0.25) is 10.0 Å². The zero-order chi connectivity index (χ0) is 13.7. The van der Waals surface area contributed by atoms with Gasteiger partial charge >= 0.3 is 0 Å². The van der Waals surface area contributed by atoms with Crippen LogP contribution < -0.4 is 0 Å². The number of hydrogen-bond acceptors (Lipinski definition) is 2. The first-order chi connectivity index (χ1) is 7.60. The number of unbranched alkanes of at least 4 members (excludes halogenated alkanes) is 1. The van der Waals surface area contributed by atoms with Gasteiger partial charge in [-0.25, -0.2) is 8.42 Å². The molecule has 0 radical (unpaired) electrons. The molecule has 0 unspecified atom stereocenters. The minimum absolute atomic E-state index is 0.0548. The summed E-state index contributed by atoms with van der Waals surface area (Å²) in [6.45, 7) is 13.0. The summed E-state index contributed by atoms with van der Waals surface area (Å²) < 4.78 is 26.0. The smallest absolute Gasteiger partial charge is 0.212 e. The average Bonchev–Trinajstić information content (AvgIpc) is 2.12. The molecule has 0 rings (SSSR count). The normalized spacial score (nSPS) is 13.6. The Morgan fingerprint density at radius 1 is 1.18 bits per heavy atom. The van der Waals surface area contributed by atoms with E-state index in [1.54, 1.807) is 4.31 Å². The molecule has 0 saturated carbocycles. The van der Waals surface area contributed by atoms with Gasteiger partial charge in [-0.1, -0.05) is 34.1 Å².